The first-order chi connectivity index (χ1) is 13.2. The summed E-state index contributed by atoms with van der Waals surface area (Å²) in [4.78, 5) is 28.9. The van der Waals surface area contributed by atoms with E-state index in [0.29, 0.717) is 22.9 Å². The lowest BCUT2D eigenvalue weighted by Gasteiger charge is -2.08. The number of benzene rings is 2. The third-order valence-electron chi connectivity index (χ3n) is 4.41. The molecule has 1 aliphatic carbocycles. The fraction of sp³-hybridized carbons (Fsp3) is 0.136. The Morgan fingerprint density at radius 3 is 2.30 bits per heavy atom. The van der Waals surface area contributed by atoms with E-state index in [4.69, 9.17) is 0 Å². The Bertz CT molecular complexity index is 964. The van der Waals surface area contributed by atoms with Crippen molar-refractivity contribution in [1.29, 1.82) is 0 Å². The van der Waals surface area contributed by atoms with Crippen LogP contribution in [0.2, 0.25) is 0 Å². The maximum absolute atomic E-state index is 12.5. The van der Waals surface area contributed by atoms with Crippen LogP contribution in [0.3, 0.4) is 0 Å². The van der Waals surface area contributed by atoms with E-state index in [2.05, 4.69) is 15.6 Å². The highest BCUT2D eigenvalue weighted by molar-refractivity contribution is 6.04. The van der Waals surface area contributed by atoms with E-state index in [1.807, 2.05) is 42.5 Å². The average Bonchev–Trinajstić information content (AvgIpc) is 3.53. The van der Waals surface area contributed by atoms with Gasteiger partial charge in [0.2, 0.25) is 0 Å². The van der Waals surface area contributed by atoms with Crippen LogP contribution in [0.15, 0.2) is 72.9 Å². The van der Waals surface area contributed by atoms with E-state index >= 15 is 0 Å². The Balaban J connectivity index is 1.49. The number of carbonyl (C=O) groups excluding carboxylic acids is 2. The number of aromatic nitrogens is 1. The zero-order chi connectivity index (χ0) is 18.6. The molecule has 4 rings (SSSR count). The van der Waals surface area contributed by atoms with Crippen LogP contribution in [0, 0.1) is 0 Å². The number of para-hydroxylation sites is 1. The summed E-state index contributed by atoms with van der Waals surface area (Å²) in [6.07, 6.45) is 3.74. The minimum absolute atomic E-state index is 0.0481. The summed E-state index contributed by atoms with van der Waals surface area (Å²) in [5.41, 5.74) is 3.44. The molecule has 27 heavy (non-hydrogen) atoms. The molecule has 0 bridgehead atoms. The highest BCUT2D eigenvalue weighted by atomic mass is 16.2. The number of carbonyl (C=O) groups is 2. The molecule has 0 saturated heterocycles. The molecule has 2 N–H and O–H groups in total. The number of nitrogens with one attached hydrogen (secondary N) is 2. The van der Waals surface area contributed by atoms with E-state index in [0.717, 1.165) is 24.1 Å². The Morgan fingerprint density at radius 2 is 1.59 bits per heavy atom. The lowest BCUT2D eigenvalue weighted by Crippen LogP contribution is -2.25. The molecule has 0 spiro atoms. The average molecular weight is 357 g/mol. The Labute approximate surface area is 157 Å². The van der Waals surface area contributed by atoms with Gasteiger partial charge in [-0.2, -0.15) is 0 Å². The highest BCUT2D eigenvalue weighted by Crippen LogP contribution is 2.21. The number of nitrogens with zero attached hydrogens (tertiary/aromatic N) is 1. The normalized spacial score (nSPS) is 13.0. The molecule has 2 aromatic carbocycles. The summed E-state index contributed by atoms with van der Waals surface area (Å²) in [5.74, 6) is -0.238. The van der Waals surface area contributed by atoms with Crippen molar-refractivity contribution < 1.29 is 9.59 Å². The number of rotatable bonds is 5. The molecule has 1 aliphatic rings. The summed E-state index contributed by atoms with van der Waals surface area (Å²) in [6, 6.07) is 20.3. The SMILES string of the molecule is O=C(Nc1ccccc1)c1ccnc(-c2ccc(C(=O)NC3CC3)cc2)c1. The van der Waals surface area contributed by atoms with Crippen molar-refractivity contribution in [3.63, 3.8) is 0 Å². The molecule has 1 saturated carbocycles. The highest BCUT2D eigenvalue weighted by Gasteiger charge is 2.23. The van der Waals surface area contributed by atoms with Crippen molar-refractivity contribution in [3.05, 3.63) is 84.1 Å². The third-order valence-corrected chi connectivity index (χ3v) is 4.41. The number of pyridine rings is 1. The minimum atomic E-state index is -0.190. The fourth-order valence-corrected chi connectivity index (χ4v) is 2.74. The van der Waals surface area contributed by atoms with Crippen LogP contribution in [-0.4, -0.2) is 22.8 Å². The molecule has 3 aromatic rings. The molecule has 134 valence electrons. The summed E-state index contributed by atoms with van der Waals surface area (Å²) in [7, 11) is 0. The number of anilines is 1. The summed E-state index contributed by atoms with van der Waals surface area (Å²) < 4.78 is 0. The Kier molecular flexibility index (Phi) is 4.66. The van der Waals surface area contributed by atoms with Crippen molar-refractivity contribution in [2.75, 3.05) is 5.32 Å². The van der Waals surface area contributed by atoms with Gasteiger partial charge in [0.25, 0.3) is 11.8 Å². The van der Waals surface area contributed by atoms with Crippen LogP contribution >= 0.6 is 0 Å². The summed E-state index contributed by atoms with van der Waals surface area (Å²) in [6.45, 7) is 0. The Hall–Kier alpha value is -3.47. The van der Waals surface area contributed by atoms with Gasteiger partial charge in [-0.3, -0.25) is 14.6 Å². The molecule has 5 nitrogen and oxygen atoms in total. The van der Waals surface area contributed by atoms with Gasteiger partial charge in [0, 0.05) is 34.6 Å². The largest absolute Gasteiger partial charge is 0.349 e. The molecule has 0 atom stereocenters. The maximum atomic E-state index is 12.5. The van der Waals surface area contributed by atoms with E-state index in [-0.39, 0.29) is 11.8 Å². The molecule has 1 heterocycles. The van der Waals surface area contributed by atoms with Crippen LogP contribution < -0.4 is 10.6 Å². The number of hydrogen-bond acceptors (Lipinski definition) is 3. The van der Waals surface area contributed by atoms with Gasteiger partial charge >= 0.3 is 0 Å². The van der Waals surface area contributed by atoms with Gasteiger partial charge in [0.05, 0.1) is 5.69 Å². The molecule has 0 radical (unpaired) electrons. The van der Waals surface area contributed by atoms with E-state index in [9.17, 15) is 9.59 Å². The van der Waals surface area contributed by atoms with Gasteiger partial charge < -0.3 is 10.6 Å². The molecule has 1 fully saturated rings. The standard InChI is InChI=1S/C22H19N3O2/c26-21(25-19-10-11-19)16-8-6-15(7-9-16)20-14-17(12-13-23-20)22(27)24-18-4-2-1-3-5-18/h1-9,12-14,19H,10-11H2,(H,24,27)(H,25,26). The van der Waals surface area contributed by atoms with Gasteiger partial charge in [-0.05, 0) is 49.2 Å². The molecular formula is C22H19N3O2. The monoisotopic (exact) mass is 357 g/mol. The van der Waals surface area contributed by atoms with Crippen LogP contribution in [0.25, 0.3) is 11.3 Å². The van der Waals surface area contributed by atoms with E-state index in [1.54, 1.807) is 30.5 Å². The van der Waals surface area contributed by atoms with Crippen LogP contribution in [0.4, 0.5) is 5.69 Å². The van der Waals surface area contributed by atoms with Crippen molar-refractivity contribution in [2.24, 2.45) is 0 Å². The van der Waals surface area contributed by atoms with Crippen molar-refractivity contribution >= 4 is 17.5 Å². The first kappa shape index (κ1) is 17.0. The molecule has 0 aliphatic heterocycles. The minimum Gasteiger partial charge on any atom is -0.349 e. The summed E-state index contributed by atoms with van der Waals surface area (Å²) in [5, 5.41) is 5.83. The molecule has 5 heteroatoms. The first-order valence-electron chi connectivity index (χ1n) is 8.93. The lowest BCUT2D eigenvalue weighted by atomic mass is 10.1. The summed E-state index contributed by atoms with van der Waals surface area (Å²) >= 11 is 0. The van der Waals surface area contributed by atoms with Crippen LogP contribution in [-0.2, 0) is 0 Å². The van der Waals surface area contributed by atoms with Crippen molar-refractivity contribution in [2.45, 2.75) is 18.9 Å². The lowest BCUT2D eigenvalue weighted by molar-refractivity contribution is 0.0950. The molecule has 1 aromatic heterocycles. The zero-order valence-corrected chi connectivity index (χ0v) is 14.7. The predicted molar refractivity (Wildman–Crippen MR) is 105 cm³/mol. The Morgan fingerprint density at radius 1 is 0.852 bits per heavy atom. The van der Waals surface area contributed by atoms with Crippen molar-refractivity contribution in [1.82, 2.24) is 10.3 Å². The van der Waals surface area contributed by atoms with Gasteiger partial charge in [-0.1, -0.05) is 30.3 Å². The smallest absolute Gasteiger partial charge is 0.255 e. The quantitative estimate of drug-likeness (QED) is 0.728. The first-order valence-corrected chi connectivity index (χ1v) is 8.93. The second kappa shape index (κ2) is 7.41. The van der Waals surface area contributed by atoms with Crippen molar-refractivity contribution in [3.8, 4) is 11.3 Å². The third kappa shape index (κ3) is 4.20. The second-order valence-corrected chi connectivity index (χ2v) is 6.57. The van der Waals surface area contributed by atoms with Crippen LogP contribution in [0.5, 0.6) is 0 Å². The van der Waals surface area contributed by atoms with Crippen LogP contribution in [0.1, 0.15) is 33.6 Å². The topological polar surface area (TPSA) is 71.1 Å². The maximum Gasteiger partial charge on any atom is 0.255 e. The van der Waals surface area contributed by atoms with Gasteiger partial charge in [0.1, 0.15) is 0 Å². The molecule has 0 unspecified atom stereocenters. The fourth-order valence-electron chi connectivity index (χ4n) is 2.74. The number of amides is 2. The number of hydrogen-bond donors (Lipinski definition) is 2. The second-order valence-electron chi connectivity index (χ2n) is 6.57. The predicted octanol–water partition coefficient (Wildman–Crippen LogP) is 3.89. The van der Waals surface area contributed by atoms with Gasteiger partial charge in [-0.15, -0.1) is 0 Å². The zero-order valence-electron chi connectivity index (χ0n) is 14.7. The van der Waals surface area contributed by atoms with E-state index in [1.165, 1.54) is 0 Å². The molecular weight excluding hydrogens is 338 g/mol. The molecule has 2 amide bonds. The van der Waals surface area contributed by atoms with Gasteiger partial charge in [-0.25, -0.2) is 0 Å². The van der Waals surface area contributed by atoms with E-state index < -0.39 is 0 Å². The van der Waals surface area contributed by atoms with Gasteiger partial charge in [0.15, 0.2) is 0 Å².